The van der Waals surface area contributed by atoms with Crippen molar-refractivity contribution >= 4 is 5.78 Å². The Hall–Kier alpha value is -1.51. The van der Waals surface area contributed by atoms with Crippen molar-refractivity contribution in [3.8, 4) is 11.5 Å². The number of hydrogen-bond acceptors (Lipinski definition) is 3. The lowest BCUT2D eigenvalue weighted by Gasteiger charge is -2.09. The zero-order valence-corrected chi connectivity index (χ0v) is 8.63. The maximum absolute atomic E-state index is 10.9. The second kappa shape index (κ2) is 4.13. The largest absolute Gasteiger partial charge is 0.508 e. The van der Waals surface area contributed by atoms with Crippen LogP contribution < -0.4 is 4.74 Å². The molecule has 0 saturated carbocycles. The molecule has 1 aromatic rings. The molecule has 0 aliphatic heterocycles. The van der Waals surface area contributed by atoms with Gasteiger partial charge >= 0.3 is 0 Å². The zero-order chi connectivity index (χ0) is 10.7. The van der Waals surface area contributed by atoms with Crippen molar-refractivity contribution in [3.63, 3.8) is 0 Å². The highest BCUT2D eigenvalue weighted by Crippen LogP contribution is 2.27. The maximum atomic E-state index is 10.9. The summed E-state index contributed by atoms with van der Waals surface area (Å²) >= 11 is 0. The van der Waals surface area contributed by atoms with Gasteiger partial charge in [-0.2, -0.15) is 0 Å². The summed E-state index contributed by atoms with van der Waals surface area (Å²) in [6.45, 7) is 3.30. The molecule has 3 nitrogen and oxygen atoms in total. The fourth-order valence-corrected chi connectivity index (χ4v) is 1.31. The minimum atomic E-state index is 0.0477. The van der Waals surface area contributed by atoms with Crippen LogP contribution >= 0.6 is 0 Å². The highest BCUT2D eigenvalue weighted by molar-refractivity contribution is 5.79. The molecule has 3 heteroatoms. The van der Waals surface area contributed by atoms with E-state index in [1.165, 1.54) is 6.92 Å². The summed E-state index contributed by atoms with van der Waals surface area (Å²) in [7, 11) is 1.55. The summed E-state index contributed by atoms with van der Waals surface area (Å²) in [4.78, 5) is 10.9. The molecule has 1 rings (SSSR count). The number of carbonyl (C=O) groups is 1. The van der Waals surface area contributed by atoms with Gasteiger partial charge in [-0.05, 0) is 31.5 Å². The molecule has 0 radical (unpaired) electrons. The molecule has 0 amide bonds. The number of phenols is 1. The number of aryl methyl sites for hydroxylation is 1. The number of methoxy groups -OCH3 is 1. The molecule has 0 aliphatic carbocycles. The number of benzene rings is 1. The molecule has 76 valence electrons. The Labute approximate surface area is 83.3 Å². The molecule has 1 aromatic carbocycles. The topological polar surface area (TPSA) is 46.5 Å². The number of Topliss-reactive ketones (excluding diaryl/α,β-unsaturated/α-hetero) is 1. The van der Waals surface area contributed by atoms with Crippen molar-refractivity contribution in [2.75, 3.05) is 7.11 Å². The highest BCUT2D eigenvalue weighted by Gasteiger charge is 2.08. The van der Waals surface area contributed by atoms with Gasteiger partial charge in [-0.15, -0.1) is 0 Å². The van der Waals surface area contributed by atoms with Crippen LogP contribution in [-0.4, -0.2) is 18.0 Å². The highest BCUT2D eigenvalue weighted by atomic mass is 16.5. The van der Waals surface area contributed by atoms with Gasteiger partial charge in [-0.3, -0.25) is 4.79 Å². The molecule has 0 spiro atoms. The molecular weight excluding hydrogens is 180 g/mol. The smallest absolute Gasteiger partial charge is 0.134 e. The molecule has 0 saturated heterocycles. The molecule has 1 N–H and O–H groups in total. The number of ether oxygens (including phenoxy) is 1. The molecule has 0 unspecified atom stereocenters. The molecule has 14 heavy (non-hydrogen) atoms. The van der Waals surface area contributed by atoms with Crippen LogP contribution in [0.2, 0.25) is 0 Å². The number of hydrogen-bond donors (Lipinski definition) is 1. The van der Waals surface area contributed by atoms with Crippen molar-refractivity contribution in [1.29, 1.82) is 0 Å². The standard InChI is InChI=1S/C11H14O3/c1-7-4-11(14-3)9(5-8(2)12)6-10(7)13/h4,6,13H,5H2,1-3H3. The molecule has 0 aliphatic rings. The monoisotopic (exact) mass is 194 g/mol. The first-order valence-corrected chi connectivity index (χ1v) is 4.40. The van der Waals surface area contributed by atoms with Crippen LogP contribution in [-0.2, 0) is 11.2 Å². The van der Waals surface area contributed by atoms with Gasteiger partial charge in [0.15, 0.2) is 0 Å². The van der Waals surface area contributed by atoms with E-state index in [4.69, 9.17) is 4.74 Å². The van der Waals surface area contributed by atoms with E-state index in [0.717, 1.165) is 11.1 Å². The first kappa shape index (κ1) is 10.6. The van der Waals surface area contributed by atoms with Crippen molar-refractivity contribution in [2.24, 2.45) is 0 Å². The first-order valence-electron chi connectivity index (χ1n) is 4.40. The van der Waals surface area contributed by atoms with Crippen LogP contribution in [0.5, 0.6) is 11.5 Å². The third kappa shape index (κ3) is 2.25. The van der Waals surface area contributed by atoms with Crippen LogP contribution in [0.4, 0.5) is 0 Å². The van der Waals surface area contributed by atoms with Crippen LogP contribution in [0.3, 0.4) is 0 Å². The number of phenolic OH excluding ortho intramolecular Hbond substituents is 1. The molecule has 0 bridgehead atoms. The minimum Gasteiger partial charge on any atom is -0.508 e. The Kier molecular flexibility index (Phi) is 3.12. The number of rotatable bonds is 3. The van der Waals surface area contributed by atoms with E-state index >= 15 is 0 Å². The van der Waals surface area contributed by atoms with E-state index < -0.39 is 0 Å². The lowest BCUT2D eigenvalue weighted by atomic mass is 10.1. The Balaban J connectivity index is 3.13. The second-order valence-corrected chi connectivity index (χ2v) is 3.33. The molecule has 0 fully saturated rings. The summed E-state index contributed by atoms with van der Waals surface area (Å²) in [6, 6.07) is 3.31. The lowest BCUT2D eigenvalue weighted by molar-refractivity contribution is -0.116. The fourth-order valence-electron chi connectivity index (χ4n) is 1.31. The first-order chi connectivity index (χ1) is 6.54. The van der Waals surface area contributed by atoms with E-state index in [0.29, 0.717) is 5.75 Å². The Morgan fingerprint density at radius 2 is 2.14 bits per heavy atom. The fraction of sp³-hybridized carbons (Fsp3) is 0.364. The summed E-state index contributed by atoms with van der Waals surface area (Å²) in [5, 5.41) is 9.47. The van der Waals surface area contributed by atoms with Gasteiger partial charge in [0, 0.05) is 12.0 Å². The van der Waals surface area contributed by atoms with Gasteiger partial charge in [0.2, 0.25) is 0 Å². The summed E-state index contributed by atoms with van der Waals surface area (Å²) in [5.41, 5.74) is 1.47. The van der Waals surface area contributed by atoms with E-state index in [1.807, 2.05) is 0 Å². The van der Waals surface area contributed by atoms with E-state index in [9.17, 15) is 9.90 Å². The van der Waals surface area contributed by atoms with Gasteiger partial charge in [0.1, 0.15) is 17.3 Å². The predicted molar refractivity (Wildman–Crippen MR) is 53.8 cm³/mol. The summed E-state index contributed by atoms with van der Waals surface area (Å²) in [6.07, 6.45) is 0.289. The van der Waals surface area contributed by atoms with Gasteiger partial charge in [-0.25, -0.2) is 0 Å². The molecule has 0 aromatic heterocycles. The van der Waals surface area contributed by atoms with Crippen LogP contribution in [0.25, 0.3) is 0 Å². The van der Waals surface area contributed by atoms with Crippen LogP contribution in [0.1, 0.15) is 18.1 Å². The number of aromatic hydroxyl groups is 1. The van der Waals surface area contributed by atoms with Gasteiger partial charge in [0.25, 0.3) is 0 Å². The Bertz CT molecular complexity index is 356. The lowest BCUT2D eigenvalue weighted by Crippen LogP contribution is -1.99. The molecule has 0 heterocycles. The van der Waals surface area contributed by atoms with Crippen molar-refractivity contribution in [3.05, 3.63) is 23.3 Å². The van der Waals surface area contributed by atoms with Gasteiger partial charge in [-0.1, -0.05) is 0 Å². The predicted octanol–water partition coefficient (Wildman–Crippen LogP) is 1.84. The Morgan fingerprint density at radius 3 is 2.64 bits per heavy atom. The maximum Gasteiger partial charge on any atom is 0.134 e. The van der Waals surface area contributed by atoms with Crippen LogP contribution in [0, 0.1) is 6.92 Å². The Morgan fingerprint density at radius 1 is 1.50 bits per heavy atom. The average molecular weight is 194 g/mol. The average Bonchev–Trinajstić information content (AvgIpc) is 2.10. The molecule has 0 atom stereocenters. The van der Waals surface area contributed by atoms with Gasteiger partial charge < -0.3 is 9.84 Å². The van der Waals surface area contributed by atoms with Crippen molar-refractivity contribution in [1.82, 2.24) is 0 Å². The summed E-state index contributed by atoms with van der Waals surface area (Å²) < 4.78 is 5.12. The van der Waals surface area contributed by atoms with Crippen molar-refractivity contribution < 1.29 is 14.6 Å². The van der Waals surface area contributed by atoms with Crippen molar-refractivity contribution in [2.45, 2.75) is 20.3 Å². The third-order valence-electron chi connectivity index (χ3n) is 2.04. The minimum absolute atomic E-state index is 0.0477. The van der Waals surface area contributed by atoms with E-state index in [-0.39, 0.29) is 18.0 Å². The normalized spacial score (nSPS) is 9.93. The third-order valence-corrected chi connectivity index (χ3v) is 2.04. The van der Waals surface area contributed by atoms with Crippen LogP contribution in [0.15, 0.2) is 12.1 Å². The zero-order valence-electron chi connectivity index (χ0n) is 8.63. The quantitative estimate of drug-likeness (QED) is 0.798. The second-order valence-electron chi connectivity index (χ2n) is 3.33. The van der Waals surface area contributed by atoms with Gasteiger partial charge in [0.05, 0.1) is 7.11 Å². The summed E-state index contributed by atoms with van der Waals surface area (Å²) in [5.74, 6) is 0.893. The number of ketones is 1. The van der Waals surface area contributed by atoms with E-state index in [2.05, 4.69) is 0 Å². The molecular formula is C11H14O3. The SMILES string of the molecule is COc1cc(C)c(O)cc1CC(C)=O. The van der Waals surface area contributed by atoms with E-state index in [1.54, 1.807) is 26.2 Å². The number of carbonyl (C=O) groups excluding carboxylic acids is 1.